The first-order valence-corrected chi connectivity index (χ1v) is 6.79. The number of likely N-dealkylation sites (N-methyl/N-ethyl adjacent to an activating group) is 1. The van der Waals surface area contributed by atoms with E-state index in [-0.39, 0.29) is 19.1 Å². The molecule has 21 heavy (non-hydrogen) atoms. The maximum Gasteiger partial charge on any atom is 0.419 e. The number of carbonyl (C=O) groups is 1. The Labute approximate surface area is 120 Å². The lowest BCUT2D eigenvalue weighted by molar-refractivity contribution is -0.153. The number of ether oxygens (including phenoxy) is 1. The van der Waals surface area contributed by atoms with Gasteiger partial charge in [-0.25, -0.2) is 4.79 Å². The largest absolute Gasteiger partial charge is 0.465 e. The molecule has 1 aromatic rings. The van der Waals surface area contributed by atoms with E-state index in [1.807, 2.05) is 0 Å². The highest BCUT2D eigenvalue weighted by Crippen LogP contribution is 2.41. The second-order valence-corrected chi connectivity index (χ2v) is 5.14. The van der Waals surface area contributed by atoms with Gasteiger partial charge in [0.05, 0.1) is 24.9 Å². The number of aromatic nitrogens is 2. The summed E-state index contributed by atoms with van der Waals surface area (Å²) in [7, 11) is 1.61. The van der Waals surface area contributed by atoms with E-state index in [9.17, 15) is 18.0 Å². The van der Waals surface area contributed by atoms with Gasteiger partial charge in [-0.15, -0.1) is 0 Å². The molecule has 1 N–H and O–H groups in total. The van der Waals surface area contributed by atoms with Gasteiger partial charge in [-0.05, 0) is 32.7 Å². The second kappa shape index (κ2) is 5.67. The zero-order chi connectivity index (χ0) is 15.7. The molecule has 1 unspecified atom stereocenters. The molecule has 0 spiro atoms. The van der Waals surface area contributed by atoms with Crippen LogP contribution in [-0.4, -0.2) is 34.9 Å². The van der Waals surface area contributed by atoms with Crippen LogP contribution < -0.4 is 5.32 Å². The number of alkyl halides is 3. The Kier molecular flexibility index (Phi) is 4.27. The van der Waals surface area contributed by atoms with Gasteiger partial charge in [-0.1, -0.05) is 0 Å². The van der Waals surface area contributed by atoms with E-state index in [2.05, 4.69) is 10.4 Å². The average molecular weight is 305 g/mol. The first kappa shape index (κ1) is 15.8. The summed E-state index contributed by atoms with van der Waals surface area (Å²) in [5.74, 6) is -0.390. The zero-order valence-corrected chi connectivity index (χ0v) is 11.9. The summed E-state index contributed by atoms with van der Waals surface area (Å²) in [5, 5.41) is 6.66. The van der Waals surface area contributed by atoms with Crippen LogP contribution in [0.5, 0.6) is 0 Å². The molecular weight excluding hydrogens is 287 g/mol. The number of carbonyl (C=O) groups excluding carboxylic acids is 1. The maximum absolute atomic E-state index is 12.6. The summed E-state index contributed by atoms with van der Waals surface area (Å²) in [6.45, 7) is 1.94. The van der Waals surface area contributed by atoms with E-state index in [4.69, 9.17) is 4.74 Å². The van der Waals surface area contributed by atoms with Gasteiger partial charge in [0, 0.05) is 6.20 Å². The van der Waals surface area contributed by atoms with Gasteiger partial charge in [0.1, 0.15) is 5.54 Å². The summed E-state index contributed by atoms with van der Waals surface area (Å²) >= 11 is 0. The van der Waals surface area contributed by atoms with Crippen LogP contribution in [0.3, 0.4) is 0 Å². The molecule has 5 nitrogen and oxygen atoms in total. The van der Waals surface area contributed by atoms with Crippen molar-refractivity contribution in [3.63, 3.8) is 0 Å². The van der Waals surface area contributed by atoms with Crippen molar-refractivity contribution in [2.45, 2.75) is 38.0 Å². The van der Waals surface area contributed by atoms with Gasteiger partial charge in [-0.3, -0.25) is 4.68 Å². The van der Waals surface area contributed by atoms with Crippen LogP contribution in [0.4, 0.5) is 13.2 Å². The number of hydrogen-bond donors (Lipinski definition) is 1. The van der Waals surface area contributed by atoms with E-state index in [0.717, 1.165) is 29.9 Å². The predicted octanol–water partition coefficient (Wildman–Crippen LogP) is 1.83. The first-order chi connectivity index (χ1) is 9.83. The fourth-order valence-electron chi connectivity index (χ4n) is 2.43. The molecule has 0 aliphatic heterocycles. The summed E-state index contributed by atoms with van der Waals surface area (Å²) < 4.78 is 44.0. The van der Waals surface area contributed by atoms with Gasteiger partial charge < -0.3 is 10.1 Å². The number of nitrogens with zero attached hydrogens (tertiary/aromatic N) is 2. The average Bonchev–Trinajstić information content (AvgIpc) is 3.14. The van der Waals surface area contributed by atoms with Crippen molar-refractivity contribution in [3.05, 3.63) is 18.0 Å². The monoisotopic (exact) mass is 305 g/mol. The molecule has 1 saturated carbocycles. The molecule has 0 bridgehead atoms. The molecular formula is C13H18F3N3O2. The Morgan fingerprint density at radius 1 is 1.52 bits per heavy atom. The Bertz CT molecular complexity index is 511. The summed E-state index contributed by atoms with van der Waals surface area (Å²) in [5.41, 5.74) is -1.85. The lowest BCUT2D eigenvalue weighted by Gasteiger charge is -2.31. The van der Waals surface area contributed by atoms with Crippen molar-refractivity contribution in [3.8, 4) is 0 Å². The molecule has 1 fully saturated rings. The Hall–Kier alpha value is -1.57. The van der Waals surface area contributed by atoms with Crippen molar-refractivity contribution in [2.75, 3.05) is 13.7 Å². The summed E-state index contributed by atoms with van der Waals surface area (Å²) in [4.78, 5) is 12.2. The molecule has 1 aliphatic carbocycles. The van der Waals surface area contributed by atoms with Crippen molar-refractivity contribution in [1.29, 1.82) is 0 Å². The lowest BCUT2D eigenvalue weighted by atomic mass is 9.93. The molecule has 0 saturated heterocycles. The molecule has 1 heterocycles. The lowest BCUT2D eigenvalue weighted by Crippen LogP contribution is -2.56. The normalized spacial score (nSPS) is 18.3. The minimum atomic E-state index is -4.44. The van der Waals surface area contributed by atoms with Gasteiger partial charge >= 0.3 is 12.1 Å². The van der Waals surface area contributed by atoms with E-state index in [1.54, 1.807) is 14.0 Å². The van der Waals surface area contributed by atoms with Crippen LogP contribution in [-0.2, 0) is 22.3 Å². The molecule has 0 aromatic carbocycles. The SMILES string of the molecule is CCOC(=O)C(Cn1cc(C(F)(F)F)cn1)(NC)C1CC1. The molecule has 8 heteroatoms. The van der Waals surface area contributed by atoms with Crippen molar-refractivity contribution in [2.24, 2.45) is 5.92 Å². The van der Waals surface area contributed by atoms with Crippen LogP contribution in [0.15, 0.2) is 12.4 Å². The maximum atomic E-state index is 12.6. The number of hydrogen-bond acceptors (Lipinski definition) is 4. The Balaban J connectivity index is 2.23. The van der Waals surface area contributed by atoms with Crippen LogP contribution in [0.1, 0.15) is 25.3 Å². The molecule has 1 atom stereocenters. The van der Waals surface area contributed by atoms with Gasteiger partial charge in [0.25, 0.3) is 0 Å². The van der Waals surface area contributed by atoms with Gasteiger partial charge in [0.15, 0.2) is 0 Å². The molecule has 118 valence electrons. The Morgan fingerprint density at radius 3 is 2.62 bits per heavy atom. The molecule has 1 aromatic heterocycles. The highest BCUT2D eigenvalue weighted by Gasteiger charge is 2.51. The van der Waals surface area contributed by atoms with Crippen molar-refractivity contribution < 1.29 is 22.7 Å². The van der Waals surface area contributed by atoms with E-state index < -0.39 is 23.2 Å². The van der Waals surface area contributed by atoms with Gasteiger partial charge in [0.2, 0.25) is 0 Å². The van der Waals surface area contributed by atoms with Crippen LogP contribution in [0, 0.1) is 5.92 Å². The quantitative estimate of drug-likeness (QED) is 0.815. The third-order valence-electron chi connectivity index (χ3n) is 3.73. The Morgan fingerprint density at radius 2 is 2.19 bits per heavy atom. The minimum absolute atomic E-state index is 0.0169. The van der Waals surface area contributed by atoms with Crippen LogP contribution in [0.2, 0.25) is 0 Å². The van der Waals surface area contributed by atoms with E-state index >= 15 is 0 Å². The fourth-order valence-corrected chi connectivity index (χ4v) is 2.43. The standard InChI is InChI=1S/C13H18F3N3O2/c1-3-21-11(20)12(17-2,9-4-5-9)8-19-7-10(6-18-19)13(14,15)16/h6-7,9,17H,3-5,8H2,1-2H3. The van der Waals surface area contributed by atoms with Crippen LogP contribution >= 0.6 is 0 Å². The number of esters is 1. The number of rotatable bonds is 6. The summed E-state index contributed by atoms with van der Waals surface area (Å²) in [6, 6.07) is 0. The van der Waals surface area contributed by atoms with E-state index in [0.29, 0.717) is 0 Å². The van der Waals surface area contributed by atoms with Crippen LogP contribution in [0.25, 0.3) is 0 Å². The molecule has 0 radical (unpaired) electrons. The molecule has 1 aliphatic rings. The number of halogens is 3. The first-order valence-electron chi connectivity index (χ1n) is 6.79. The van der Waals surface area contributed by atoms with Crippen molar-refractivity contribution >= 4 is 5.97 Å². The predicted molar refractivity (Wildman–Crippen MR) is 68.4 cm³/mol. The molecule has 0 amide bonds. The van der Waals surface area contributed by atoms with Gasteiger partial charge in [-0.2, -0.15) is 18.3 Å². The fraction of sp³-hybridized carbons (Fsp3) is 0.692. The summed E-state index contributed by atoms with van der Waals surface area (Å²) in [6.07, 6.45) is -1.09. The van der Waals surface area contributed by atoms with Crippen molar-refractivity contribution in [1.82, 2.24) is 15.1 Å². The third kappa shape index (κ3) is 3.20. The third-order valence-corrected chi connectivity index (χ3v) is 3.73. The second-order valence-electron chi connectivity index (χ2n) is 5.14. The molecule has 2 rings (SSSR count). The number of nitrogens with one attached hydrogen (secondary N) is 1. The highest BCUT2D eigenvalue weighted by molar-refractivity contribution is 5.81. The topological polar surface area (TPSA) is 56.2 Å². The zero-order valence-electron chi connectivity index (χ0n) is 11.9. The highest BCUT2D eigenvalue weighted by atomic mass is 19.4. The minimum Gasteiger partial charge on any atom is -0.465 e. The van der Waals surface area contributed by atoms with E-state index in [1.165, 1.54) is 0 Å². The smallest absolute Gasteiger partial charge is 0.419 e.